The molecule has 0 saturated heterocycles. The smallest absolute Gasteiger partial charge is 0.251 e. The number of benzene rings is 1. The third-order valence-corrected chi connectivity index (χ3v) is 2.70. The van der Waals surface area contributed by atoms with Crippen molar-refractivity contribution in [3.8, 4) is 6.07 Å². The molecule has 0 unspecified atom stereocenters. The molecule has 4 heteroatoms. The Balaban J connectivity index is 2.59. The van der Waals surface area contributed by atoms with Gasteiger partial charge in [-0.15, -0.1) is 0 Å². The molecule has 0 aliphatic carbocycles. The van der Waals surface area contributed by atoms with Crippen LogP contribution in [0.2, 0.25) is 0 Å². The lowest BCUT2D eigenvalue weighted by Gasteiger charge is -2.17. The minimum atomic E-state index is -0.0759. The van der Waals surface area contributed by atoms with E-state index in [1.165, 1.54) is 0 Å². The summed E-state index contributed by atoms with van der Waals surface area (Å²) in [6.07, 6.45) is 0. The number of rotatable bonds is 5. The van der Waals surface area contributed by atoms with Crippen LogP contribution in [0, 0.1) is 17.2 Å². The second-order valence-electron chi connectivity index (χ2n) is 4.50. The molecule has 18 heavy (non-hydrogen) atoms. The van der Waals surface area contributed by atoms with Gasteiger partial charge >= 0.3 is 0 Å². The minimum absolute atomic E-state index is 0.0279. The lowest BCUT2D eigenvalue weighted by molar-refractivity contribution is 0.0963. The molecule has 0 spiro atoms. The quantitative estimate of drug-likeness (QED) is 0.858. The Bertz CT molecular complexity index is 433. The zero-order valence-corrected chi connectivity index (χ0v) is 11.1. The first kappa shape index (κ1) is 14.2. The van der Waals surface area contributed by atoms with Crippen LogP contribution in [0.25, 0.3) is 0 Å². The van der Waals surface area contributed by atoms with Gasteiger partial charge in [0.05, 0.1) is 12.0 Å². The molecule has 4 nitrogen and oxygen atoms in total. The van der Waals surface area contributed by atoms with Crippen molar-refractivity contribution >= 4 is 5.91 Å². The predicted octanol–water partition coefficient (Wildman–Crippen LogP) is 1.64. The van der Waals surface area contributed by atoms with Crippen molar-refractivity contribution in [2.24, 2.45) is 5.92 Å². The van der Waals surface area contributed by atoms with Crippen molar-refractivity contribution in [1.82, 2.24) is 10.2 Å². The molecule has 0 fully saturated rings. The summed E-state index contributed by atoms with van der Waals surface area (Å²) in [5.74, 6) is -0.0480. The summed E-state index contributed by atoms with van der Waals surface area (Å²) >= 11 is 0. The first-order valence-corrected chi connectivity index (χ1v) is 5.96. The Kier molecular flexibility index (Phi) is 5.34. The highest BCUT2D eigenvalue weighted by molar-refractivity contribution is 5.93. The summed E-state index contributed by atoms with van der Waals surface area (Å²) in [7, 11) is 3.60. The molecular formula is C14H19N3O. The van der Waals surface area contributed by atoms with Crippen molar-refractivity contribution in [3.05, 3.63) is 35.4 Å². The summed E-state index contributed by atoms with van der Waals surface area (Å²) in [6.45, 7) is 3.43. The van der Waals surface area contributed by atoms with E-state index in [1.54, 1.807) is 7.05 Å². The van der Waals surface area contributed by atoms with E-state index in [9.17, 15) is 4.79 Å². The van der Waals surface area contributed by atoms with Crippen molar-refractivity contribution in [2.45, 2.75) is 13.5 Å². The van der Waals surface area contributed by atoms with Gasteiger partial charge in [0, 0.05) is 25.7 Å². The van der Waals surface area contributed by atoms with Gasteiger partial charge in [-0.25, -0.2) is 0 Å². The van der Waals surface area contributed by atoms with Gasteiger partial charge in [-0.3, -0.25) is 4.79 Å². The molecule has 0 aliphatic rings. The van der Waals surface area contributed by atoms with E-state index in [-0.39, 0.29) is 11.8 Å². The van der Waals surface area contributed by atoms with Crippen molar-refractivity contribution in [3.63, 3.8) is 0 Å². The lowest BCUT2D eigenvalue weighted by atomic mass is 10.1. The summed E-state index contributed by atoms with van der Waals surface area (Å²) < 4.78 is 0. The molecule has 0 bridgehead atoms. The van der Waals surface area contributed by atoms with Crippen LogP contribution >= 0.6 is 0 Å². The molecule has 1 rings (SSSR count). The topological polar surface area (TPSA) is 56.1 Å². The van der Waals surface area contributed by atoms with Crippen LogP contribution in [-0.2, 0) is 6.54 Å². The molecule has 1 atom stereocenters. The van der Waals surface area contributed by atoms with Crippen molar-refractivity contribution in [2.75, 3.05) is 20.6 Å². The summed E-state index contributed by atoms with van der Waals surface area (Å²) in [4.78, 5) is 13.5. The monoisotopic (exact) mass is 245 g/mol. The Hall–Kier alpha value is -1.86. The van der Waals surface area contributed by atoms with Crippen molar-refractivity contribution in [1.29, 1.82) is 5.26 Å². The van der Waals surface area contributed by atoms with Crippen LogP contribution in [0.4, 0.5) is 0 Å². The fourth-order valence-electron chi connectivity index (χ4n) is 1.79. The summed E-state index contributed by atoms with van der Waals surface area (Å²) in [5, 5.41) is 11.3. The van der Waals surface area contributed by atoms with E-state index in [2.05, 4.69) is 16.3 Å². The Labute approximate surface area is 108 Å². The van der Waals surface area contributed by atoms with E-state index >= 15 is 0 Å². The third-order valence-electron chi connectivity index (χ3n) is 2.70. The van der Waals surface area contributed by atoms with Crippen LogP contribution in [0.15, 0.2) is 24.3 Å². The molecule has 0 radical (unpaired) electrons. The van der Waals surface area contributed by atoms with Gasteiger partial charge in [-0.1, -0.05) is 12.1 Å². The molecule has 1 aromatic rings. The molecule has 0 saturated carbocycles. The fourth-order valence-corrected chi connectivity index (χ4v) is 1.79. The number of amides is 1. The zero-order valence-electron chi connectivity index (χ0n) is 11.1. The van der Waals surface area contributed by atoms with Crippen molar-refractivity contribution < 1.29 is 4.79 Å². The van der Waals surface area contributed by atoms with Gasteiger partial charge in [0.15, 0.2) is 0 Å². The fraction of sp³-hybridized carbons (Fsp3) is 0.429. The molecule has 1 N–H and O–H groups in total. The maximum Gasteiger partial charge on any atom is 0.251 e. The van der Waals surface area contributed by atoms with Crippen LogP contribution in [0.1, 0.15) is 22.8 Å². The highest BCUT2D eigenvalue weighted by atomic mass is 16.1. The average molecular weight is 245 g/mol. The maximum absolute atomic E-state index is 11.4. The average Bonchev–Trinajstić information content (AvgIpc) is 2.38. The van der Waals surface area contributed by atoms with E-state index in [0.717, 1.165) is 18.7 Å². The third kappa shape index (κ3) is 4.19. The number of hydrogen-bond acceptors (Lipinski definition) is 3. The van der Waals surface area contributed by atoms with Crippen LogP contribution in [0.3, 0.4) is 0 Å². The van der Waals surface area contributed by atoms with Crippen LogP contribution < -0.4 is 5.32 Å². The van der Waals surface area contributed by atoms with E-state index in [0.29, 0.717) is 5.56 Å². The van der Waals surface area contributed by atoms with Gasteiger partial charge in [0.2, 0.25) is 0 Å². The molecule has 0 heterocycles. The molecule has 0 aliphatic heterocycles. The van der Waals surface area contributed by atoms with Crippen LogP contribution in [-0.4, -0.2) is 31.4 Å². The normalized spacial score (nSPS) is 11.9. The molecule has 1 amide bonds. The lowest BCUT2D eigenvalue weighted by Crippen LogP contribution is -2.23. The largest absolute Gasteiger partial charge is 0.355 e. The first-order chi connectivity index (χ1) is 8.56. The molecule has 1 aromatic carbocycles. The minimum Gasteiger partial charge on any atom is -0.355 e. The Morgan fingerprint density at radius 1 is 1.44 bits per heavy atom. The number of nitriles is 1. The number of nitrogens with one attached hydrogen (secondary N) is 1. The Morgan fingerprint density at radius 2 is 2.06 bits per heavy atom. The molecule has 0 aromatic heterocycles. The number of carbonyl (C=O) groups excluding carboxylic acids is 1. The predicted molar refractivity (Wildman–Crippen MR) is 70.9 cm³/mol. The first-order valence-electron chi connectivity index (χ1n) is 5.96. The summed E-state index contributed by atoms with van der Waals surface area (Å²) in [6, 6.07) is 9.73. The highest BCUT2D eigenvalue weighted by Gasteiger charge is 2.07. The maximum atomic E-state index is 11.4. The zero-order chi connectivity index (χ0) is 13.5. The molecular weight excluding hydrogens is 226 g/mol. The van der Waals surface area contributed by atoms with Gasteiger partial charge in [-0.05, 0) is 31.7 Å². The standard InChI is InChI=1S/C14H19N3O/c1-11(8-15)9-17(3)10-12-4-6-13(7-5-12)14(18)16-2/h4-7,11H,9-10H2,1-3H3,(H,16,18)/t11-/m1/s1. The second kappa shape index (κ2) is 6.77. The Morgan fingerprint density at radius 3 is 2.56 bits per heavy atom. The number of nitrogens with zero attached hydrogens (tertiary/aromatic N) is 2. The van der Waals surface area contributed by atoms with E-state index in [1.807, 2.05) is 38.2 Å². The van der Waals surface area contributed by atoms with E-state index < -0.39 is 0 Å². The van der Waals surface area contributed by atoms with Crippen LogP contribution in [0.5, 0.6) is 0 Å². The number of carbonyl (C=O) groups is 1. The van der Waals surface area contributed by atoms with Gasteiger partial charge in [0.25, 0.3) is 5.91 Å². The van der Waals surface area contributed by atoms with E-state index in [4.69, 9.17) is 5.26 Å². The van der Waals surface area contributed by atoms with Gasteiger partial charge in [-0.2, -0.15) is 5.26 Å². The summed E-state index contributed by atoms with van der Waals surface area (Å²) in [5.41, 5.74) is 1.80. The van der Waals surface area contributed by atoms with Gasteiger partial charge in [0.1, 0.15) is 0 Å². The highest BCUT2D eigenvalue weighted by Crippen LogP contribution is 2.08. The molecule has 96 valence electrons. The number of hydrogen-bond donors (Lipinski definition) is 1. The SMILES string of the molecule is CNC(=O)c1ccc(CN(C)C[C@H](C)C#N)cc1. The second-order valence-corrected chi connectivity index (χ2v) is 4.50. The van der Waals surface area contributed by atoms with Gasteiger partial charge < -0.3 is 10.2 Å².